The van der Waals surface area contributed by atoms with E-state index < -0.39 is 16.0 Å². The van der Waals surface area contributed by atoms with Gasteiger partial charge in [0.25, 0.3) is 0 Å². The number of sulfone groups is 1. The fourth-order valence-electron chi connectivity index (χ4n) is 0.973. The molecule has 0 amide bonds. The van der Waals surface area contributed by atoms with E-state index in [0.29, 0.717) is 0 Å². The summed E-state index contributed by atoms with van der Waals surface area (Å²) in [6, 6.07) is 5.58. The molecular formula is C10H9F3O2S. The molecule has 0 fully saturated rings. The normalized spacial score (nSPS) is 13.2. The van der Waals surface area contributed by atoms with Crippen molar-refractivity contribution in [1.82, 2.24) is 0 Å². The van der Waals surface area contributed by atoms with Crippen molar-refractivity contribution in [3.8, 4) is 0 Å². The van der Waals surface area contributed by atoms with Crippen LogP contribution < -0.4 is 0 Å². The van der Waals surface area contributed by atoms with Crippen molar-refractivity contribution < 1.29 is 21.6 Å². The molecule has 0 unspecified atom stereocenters. The minimum atomic E-state index is -4.63. The maximum atomic E-state index is 11.8. The van der Waals surface area contributed by atoms with Crippen molar-refractivity contribution >= 4 is 9.84 Å². The Morgan fingerprint density at radius 3 is 2.06 bits per heavy atom. The van der Waals surface area contributed by atoms with Gasteiger partial charge in [-0.1, -0.05) is 17.7 Å². The number of halogens is 3. The summed E-state index contributed by atoms with van der Waals surface area (Å²) in [6.07, 6.45) is -4.92. The van der Waals surface area contributed by atoms with Crippen molar-refractivity contribution in [1.29, 1.82) is 0 Å². The maximum absolute atomic E-state index is 11.8. The minimum absolute atomic E-state index is 0.154. The predicted octanol–water partition coefficient (Wildman–Crippen LogP) is 2.84. The molecule has 16 heavy (non-hydrogen) atoms. The Kier molecular flexibility index (Phi) is 3.42. The second-order valence-electron chi connectivity index (χ2n) is 3.20. The Labute approximate surface area is 91.3 Å². The molecule has 0 aliphatic carbocycles. The van der Waals surface area contributed by atoms with Gasteiger partial charge < -0.3 is 0 Å². The summed E-state index contributed by atoms with van der Waals surface area (Å²) in [5.74, 6) is 0. The third-order valence-electron chi connectivity index (χ3n) is 1.79. The van der Waals surface area contributed by atoms with Gasteiger partial charge >= 0.3 is 6.18 Å². The molecule has 1 aromatic rings. The van der Waals surface area contributed by atoms with Gasteiger partial charge in [-0.15, -0.1) is 0 Å². The molecule has 0 N–H and O–H groups in total. The Morgan fingerprint density at radius 2 is 1.62 bits per heavy atom. The number of rotatable bonds is 2. The molecule has 2 nitrogen and oxygen atoms in total. The van der Waals surface area contributed by atoms with Crippen molar-refractivity contribution in [3.05, 3.63) is 41.3 Å². The largest absolute Gasteiger partial charge is 0.410 e. The van der Waals surface area contributed by atoms with Crippen molar-refractivity contribution in [2.75, 3.05) is 0 Å². The van der Waals surface area contributed by atoms with Crippen LogP contribution in [0.4, 0.5) is 13.2 Å². The topological polar surface area (TPSA) is 34.1 Å². The first kappa shape index (κ1) is 12.8. The zero-order valence-corrected chi connectivity index (χ0v) is 9.14. The summed E-state index contributed by atoms with van der Waals surface area (Å²) < 4.78 is 58.3. The smallest absolute Gasteiger partial charge is 0.219 e. The molecule has 0 aromatic heterocycles. The van der Waals surface area contributed by atoms with E-state index in [9.17, 15) is 21.6 Å². The van der Waals surface area contributed by atoms with Gasteiger partial charge in [-0.05, 0) is 19.1 Å². The monoisotopic (exact) mass is 250 g/mol. The first-order valence-corrected chi connectivity index (χ1v) is 5.83. The Morgan fingerprint density at radius 1 is 1.12 bits per heavy atom. The molecule has 1 aromatic carbocycles. The number of alkyl halides is 3. The molecule has 0 saturated heterocycles. The molecule has 0 saturated carbocycles. The lowest BCUT2D eigenvalue weighted by Crippen LogP contribution is -2.04. The highest BCUT2D eigenvalue weighted by Gasteiger charge is 2.24. The highest BCUT2D eigenvalue weighted by molar-refractivity contribution is 7.94. The fraction of sp³-hybridized carbons (Fsp3) is 0.200. The van der Waals surface area contributed by atoms with Crippen molar-refractivity contribution in [3.63, 3.8) is 0 Å². The average molecular weight is 250 g/mol. The van der Waals surface area contributed by atoms with Crippen LogP contribution in [0.3, 0.4) is 0 Å². The molecule has 0 spiro atoms. The fourth-order valence-corrected chi connectivity index (χ4v) is 1.98. The Balaban J connectivity index is 3.04. The second kappa shape index (κ2) is 4.29. The summed E-state index contributed by atoms with van der Waals surface area (Å²) in [6.45, 7) is 1.75. The lowest BCUT2D eigenvalue weighted by atomic mass is 10.2. The molecule has 0 aliphatic rings. The van der Waals surface area contributed by atoms with Gasteiger partial charge in [0, 0.05) is 11.5 Å². The van der Waals surface area contributed by atoms with E-state index >= 15 is 0 Å². The van der Waals surface area contributed by atoms with Crippen LogP contribution in [-0.4, -0.2) is 14.6 Å². The molecule has 0 atom stereocenters. The van der Waals surface area contributed by atoms with E-state index in [-0.39, 0.29) is 16.4 Å². The first-order valence-electron chi connectivity index (χ1n) is 4.28. The van der Waals surface area contributed by atoms with E-state index in [1.54, 1.807) is 6.92 Å². The zero-order valence-electron chi connectivity index (χ0n) is 8.32. The van der Waals surface area contributed by atoms with Crippen LogP contribution in [0, 0.1) is 6.92 Å². The zero-order chi connectivity index (χ0) is 12.4. The van der Waals surface area contributed by atoms with Crippen LogP contribution in [-0.2, 0) is 9.84 Å². The number of aryl methyl sites for hydroxylation is 1. The van der Waals surface area contributed by atoms with Crippen molar-refractivity contribution in [2.45, 2.75) is 18.0 Å². The number of benzene rings is 1. The lowest BCUT2D eigenvalue weighted by molar-refractivity contribution is -0.0797. The minimum Gasteiger partial charge on any atom is -0.219 e. The number of hydrogen-bond donors (Lipinski definition) is 0. The van der Waals surface area contributed by atoms with Gasteiger partial charge in [0.05, 0.1) is 4.90 Å². The highest BCUT2D eigenvalue weighted by Crippen LogP contribution is 2.19. The molecule has 0 heterocycles. The van der Waals surface area contributed by atoms with E-state index in [1.807, 2.05) is 0 Å². The van der Waals surface area contributed by atoms with E-state index in [0.717, 1.165) is 5.56 Å². The van der Waals surface area contributed by atoms with E-state index in [4.69, 9.17) is 0 Å². The predicted molar refractivity (Wildman–Crippen MR) is 53.6 cm³/mol. The van der Waals surface area contributed by atoms with Gasteiger partial charge in [0.15, 0.2) is 9.84 Å². The summed E-state index contributed by atoms with van der Waals surface area (Å²) in [4.78, 5) is -0.154. The summed E-state index contributed by atoms with van der Waals surface area (Å²) in [5.41, 5.74) is 0.832. The molecule has 88 valence electrons. The van der Waals surface area contributed by atoms with Crippen LogP contribution in [0.2, 0.25) is 0 Å². The molecule has 6 heteroatoms. The average Bonchev–Trinajstić information content (AvgIpc) is 2.15. The molecule has 0 aliphatic heterocycles. The summed E-state index contributed by atoms with van der Waals surface area (Å²) >= 11 is 0. The lowest BCUT2D eigenvalue weighted by Gasteiger charge is -2.01. The highest BCUT2D eigenvalue weighted by atomic mass is 32.2. The van der Waals surface area contributed by atoms with Crippen LogP contribution in [0.15, 0.2) is 40.6 Å². The molecule has 0 radical (unpaired) electrons. The van der Waals surface area contributed by atoms with Gasteiger partial charge in [-0.3, -0.25) is 0 Å². The van der Waals surface area contributed by atoms with Gasteiger partial charge in [0.2, 0.25) is 0 Å². The van der Waals surface area contributed by atoms with Crippen LogP contribution in [0.5, 0.6) is 0 Å². The quantitative estimate of drug-likeness (QED) is 0.808. The van der Waals surface area contributed by atoms with Crippen LogP contribution in [0.25, 0.3) is 0 Å². The Hall–Kier alpha value is -1.30. The van der Waals surface area contributed by atoms with Crippen molar-refractivity contribution in [2.24, 2.45) is 0 Å². The third-order valence-corrected chi connectivity index (χ3v) is 3.21. The van der Waals surface area contributed by atoms with Crippen LogP contribution in [0.1, 0.15) is 5.56 Å². The first-order chi connectivity index (χ1) is 7.21. The third kappa shape index (κ3) is 3.69. The summed E-state index contributed by atoms with van der Waals surface area (Å²) in [7, 11) is -4.01. The Bertz CT molecular complexity index is 484. The maximum Gasteiger partial charge on any atom is 0.410 e. The van der Waals surface area contributed by atoms with Gasteiger partial charge in [-0.2, -0.15) is 13.2 Å². The number of allylic oxidation sites excluding steroid dienone is 1. The van der Waals surface area contributed by atoms with Gasteiger partial charge in [-0.25, -0.2) is 8.42 Å². The van der Waals surface area contributed by atoms with Crippen LogP contribution >= 0.6 is 0 Å². The molecular weight excluding hydrogens is 241 g/mol. The molecule has 1 rings (SSSR count). The molecule has 0 bridgehead atoms. The van der Waals surface area contributed by atoms with E-state index in [1.165, 1.54) is 24.3 Å². The SMILES string of the molecule is Cc1ccc(S(=O)(=O)/C=C\C(F)(F)F)cc1. The van der Waals surface area contributed by atoms with Gasteiger partial charge in [0.1, 0.15) is 0 Å². The number of hydrogen-bond acceptors (Lipinski definition) is 2. The standard InChI is InChI=1S/C10H9F3O2S/c1-8-2-4-9(5-3-8)16(14,15)7-6-10(11,12)13/h2-7H,1H3/b7-6-. The second-order valence-corrected chi connectivity index (χ2v) is 5.04. The van der Waals surface area contributed by atoms with E-state index in [2.05, 4.69) is 0 Å². The summed E-state index contributed by atoms with van der Waals surface area (Å²) in [5, 5.41) is 0.164.